The van der Waals surface area contributed by atoms with E-state index in [1.54, 1.807) is 24.3 Å². The van der Waals surface area contributed by atoms with Crippen LogP contribution in [0.1, 0.15) is 40.4 Å². The number of carbonyl (C=O) groups is 1. The van der Waals surface area contributed by atoms with Gasteiger partial charge in [0.25, 0.3) is 5.91 Å². The SMILES string of the molecule is CC(NC(=O)c1ccc(CN)o1)c1ccc(C#N)cc1. The highest BCUT2D eigenvalue weighted by Gasteiger charge is 2.14. The van der Waals surface area contributed by atoms with E-state index in [1.807, 2.05) is 19.1 Å². The van der Waals surface area contributed by atoms with Gasteiger partial charge in [0.1, 0.15) is 5.76 Å². The van der Waals surface area contributed by atoms with Crippen LogP contribution in [0.25, 0.3) is 0 Å². The zero-order chi connectivity index (χ0) is 14.5. The lowest BCUT2D eigenvalue weighted by atomic mass is 10.1. The van der Waals surface area contributed by atoms with Gasteiger partial charge in [-0.1, -0.05) is 12.1 Å². The molecule has 3 N–H and O–H groups in total. The number of carbonyl (C=O) groups excluding carboxylic acids is 1. The molecule has 1 heterocycles. The van der Waals surface area contributed by atoms with E-state index in [4.69, 9.17) is 15.4 Å². The van der Waals surface area contributed by atoms with Crippen LogP contribution in [-0.2, 0) is 6.54 Å². The van der Waals surface area contributed by atoms with Gasteiger partial charge in [-0.15, -0.1) is 0 Å². The average Bonchev–Trinajstić information content (AvgIpc) is 2.96. The number of hydrogen-bond acceptors (Lipinski definition) is 4. The van der Waals surface area contributed by atoms with Gasteiger partial charge >= 0.3 is 0 Å². The second-order valence-electron chi connectivity index (χ2n) is 4.40. The Balaban J connectivity index is 2.04. The van der Waals surface area contributed by atoms with Crippen LogP contribution in [0.3, 0.4) is 0 Å². The van der Waals surface area contributed by atoms with Crippen molar-refractivity contribution in [2.75, 3.05) is 0 Å². The van der Waals surface area contributed by atoms with E-state index < -0.39 is 0 Å². The fourth-order valence-electron chi connectivity index (χ4n) is 1.81. The molecule has 1 atom stereocenters. The van der Waals surface area contributed by atoms with Gasteiger partial charge < -0.3 is 15.5 Å². The van der Waals surface area contributed by atoms with Crippen molar-refractivity contribution in [3.8, 4) is 6.07 Å². The molecule has 0 spiro atoms. The molecule has 5 nitrogen and oxygen atoms in total. The summed E-state index contributed by atoms with van der Waals surface area (Å²) in [4.78, 5) is 12.0. The van der Waals surface area contributed by atoms with Crippen LogP contribution >= 0.6 is 0 Å². The van der Waals surface area contributed by atoms with Gasteiger partial charge in [-0.2, -0.15) is 5.26 Å². The lowest BCUT2D eigenvalue weighted by Crippen LogP contribution is -2.26. The molecule has 0 saturated carbocycles. The molecule has 1 aromatic heterocycles. The van der Waals surface area contributed by atoms with Gasteiger partial charge in [-0.3, -0.25) is 4.79 Å². The van der Waals surface area contributed by atoms with Crippen molar-refractivity contribution in [2.24, 2.45) is 5.73 Å². The van der Waals surface area contributed by atoms with E-state index in [1.165, 1.54) is 0 Å². The van der Waals surface area contributed by atoms with Crippen molar-refractivity contribution < 1.29 is 9.21 Å². The molecule has 0 bridgehead atoms. The molecule has 1 unspecified atom stereocenters. The number of hydrogen-bond donors (Lipinski definition) is 2. The molecule has 0 aliphatic carbocycles. The van der Waals surface area contributed by atoms with Crippen molar-refractivity contribution in [1.82, 2.24) is 5.32 Å². The lowest BCUT2D eigenvalue weighted by molar-refractivity contribution is 0.0910. The van der Waals surface area contributed by atoms with Gasteiger partial charge in [0, 0.05) is 0 Å². The van der Waals surface area contributed by atoms with Gasteiger partial charge in [-0.05, 0) is 36.8 Å². The van der Waals surface area contributed by atoms with E-state index in [-0.39, 0.29) is 24.3 Å². The second kappa shape index (κ2) is 6.04. The van der Waals surface area contributed by atoms with Crippen LogP contribution in [0.4, 0.5) is 0 Å². The van der Waals surface area contributed by atoms with Crippen LogP contribution in [0, 0.1) is 11.3 Å². The monoisotopic (exact) mass is 269 g/mol. The fourth-order valence-corrected chi connectivity index (χ4v) is 1.81. The third-order valence-corrected chi connectivity index (χ3v) is 2.97. The van der Waals surface area contributed by atoms with Crippen LogP contribution < -0.4 is 11.1 Å². The highest BCUT2D eigenvalue weighted by molar-refractivity contribution is 5.91. The standard InChI is InChI=1S/C15H15N3O2/c1-10(12-4-2-11(8-16)3-5-12)18-15(19)14-7-6-13(9-17)20-14/h2-7,10H,9,17H2,1H3,(H,18,19). The number of nitriles is 1. The van der Waals surface area contributed by atoms with E-state index in [2.05, 4.69) is 11.4 Å². The zero-order valence-corrected chi connectivity index (χ0v) is 11.1. The molecule has 2 rings (SSSR count). The summed E-state index contributed by atoms with van der Waals surface area (Å²) in [6.07, 6.45) is 0. The molecular weight excluding hydrogens is 254 g/mol. The summed E-state index contributed by atoms with van der Waals surface area (Å²) in [5.41, 5.74) is 6.94. The van der Waals surface area contributed by atoms with Gasteiger partial charge in [0.15, 0.2) is 5.76 Å². The van der Waals surface area contributed by atoms with Crippen LogP contribution in [0.5, 0.6) is 0 Å². The third kappa shape index (κ3) is 3.05. The Hall–Kier alpha value is -2.58. The number of benzene rings is 1. The smallest absolute Gasteiger partial charge is 0.287 e. The van der Waals surface area contributed by atoms with Crippen LogP contribution in [0.15, 0.2) is 40.8 Å². The summed E-state index contributed by atoms with van der Waals surface area (Å²) in [5, 5.41) is 11.6. The highest BCUT2D eigenvalue weighted by Crippen LogP contribution is 2.15. The Morgan fingerprint density at radius 3 is 2.60 bits per heavy atom. The molecule has 1 aromatic carbocycles. The third-order valence-electron chi connectivity index (χ3n) is 2.97. The van der Waals surface area contributed by atoms with Gasteiger partial charge in [0.2, 0.25) is 0 Å². The predicted molar refractivity (Wildman–Crippen MR) is 73.6 cm³/mol. The molecule has 102 valence electrons. The minimum Gasteiger partial charge on any atom is -0.455 e. The van der Waals surface area contributed by atoms with E-state index in [0.717, 1.165) is 5.56 Å². The van der Waals surface area contributed by atoms with Crippen LogP contribution in [0.2, 0.25) is 0 Å². The minimum atomic E-state index is -0.290. The lowest BCUT2D eigenvalue weighted by Gasteiger charge is -2.13. The maximum absolute atomic E-state index is 12.0. The topological polar surface area (TPSA) is 92.1 Å². The summed E-state index contributed by atoms with van der Waals surface area (Å²) < 4.78 is 5.29. The van der Waals surface area contributed by atoms with Crippen molar-refractivity contribution in [3.63, 3.8) is 0 Å². The number of nitrogens with one attached hydrogen (secondary N) is 1. The highest BCUT2D eigenvalue weighted by atomic mass is 16.4. The molecule has 0 fully saturated rings. The number of rotatable bonds is 4. The first kappa shape index (κ1) is 13.8. The Morgan fingerprint density at radius 2 is 2.05 bits per heavy atom. The fraction of sp³-hybridized carbons (Fsp3) is 0.200. The molecule has 2 aromatic rings. The van der Waals surface area contributed by atoms with E-state index in [9.17, 15) is 4.79 Å². The first-order valence-corrected chi connectivity index (χ1v) is 6.23. The van der Waals surface area contributed by atoms with Crippen molar-refractivity contribution in [2.45, 2.75) is 19.5 Å². The summed E-state index contributed by atoms with van der Waals surface area (Å²) >= 11 is 0. The van der Waals surface area contributed by atoms with E-state index >= 15 is 0 Å². The largest absolute Gasteiger partial charge is 0.455 e. The Kier molecular flexibility index (Phi) is 4.18. The maximum atomic E-state index is 12.0. The normalized spacial score (nSPS) is 11.7. The van der Waals surface area contributed by atoms with Crippen LogP contribution in [-0.4, -0.2) is 5.91 Å². The molecule has 5 heteroatoms. The molecule has 0 radical (unpaired) electrons. The quantitative estimate of drug-likeness (QED) is 0.889. The van der Waals surface area contributed by atoms with Gasteiger partial charge in [-0.25, -0.2) is 0 Å². The summed E-state index contributed by atoms with van der Waals surface area (Å²) in [6, 6.07) is 12.2. The molecular formula is C15H15N3O2. The summed E-state index contributed by atoms with van der Waals surface area (Å²) in [6.45, 7) is 2.13. The minimum absolute atomic E-state index is 0.179. The molecule has 20 heavy (non-hydrogen) atoms. The second-order valence-corrected chi connectivity index (χ2v) is 4.40. The predicted octanol–water partition coefficient (Wildman–Crippen LogP) is 2.10. The van der Waals surface area contributed by atoms with E-state index in [0.29, 0.717) is 11.3 Å². The molecule has 1 amide bonds. The van der Waals surface area contributed by atoms with Crippen molar-refractivity contribution >= 4 is 5.91 Å². The Labute approximate surface area is 117 Å². The van der Waals surface area contributed by atoms with Crippen molar-refractivity contribution in [1.29, 1.82) is 5.26 Å². The average molecular weight is 269 g/mol. The molecule has 0 aliphatic rings. The van der Waals surface area contributed by atoms with Crippen molar-refractivity contribution in [3.05, 3.63) is 59.0 Å². The number of amides is 1. The first-order chi connectivity index (χ1) is 9.63. The first-order valence-electron chi connectivity index (χ1n) is 6.23. The Morgan fingerprint density at radius 1 is 1.35 bits per heavy atom. The maximum Gasteiger partial charge on any atom is 0.287 e. The van der Waals surface area contributed by atoms with Gasteiger partial charge in [0.05, 0.1) is 24.2 Å². The number of furan rings is 1. The molecule has 0 saturated heterocycles. The molecule has 0 aliphatic heterocycles. The zero-order valence-electron chi connectivity index (χ0n) is 11.1. The summed E-state index contributed by atoms with van der Waals surface area (Å²) in [7, 11) is 0. The summed E-state index contributed by atoms with van der Waals surface area (Å²) in [5.74, 6) is 0.522. The Bertz CT molecular complexity index is 638. The number of nitrogens with zero attached hydrogens (tertiary/aromatic N) is 1. The number of nitrogens with two attached hydrogens (primary N) is 1.